The topological polar surface area (TPSA) is 29.1 Å². The number of amides is 1. The van der Waals surface area contributed by atoms with E-state index < -0.39 is 5.82 Å². The first kappa shape index (κ1) is 15.0. The number of alkyl halides is 1. The lowest BCUT2D eigenvalue weighted by Crippen LogP contribution is -2.16. The van der Waals surface area contributed by atoms with Gasteiger partial charge in [0.05, 0.1) is 6.42 Å². The van der Waals surface area contributed by atoms with Crippen LogP contribution in [0.15, 0.2) is 42.5 Å². The number of rotatable bonds is 4. The minimum atomic E-state index is -0.471. The van der Waals surface area contributed by atoms with Crippen molar-refractivity contribution < 1.29 is 9.18 Å². The molecular formula is C15H12BrClFNO. The Balaban J connectivity index is 2.13. The Kier molecular flexibility index (Phi) is 5.15. The zero-order chi connectivity index (χ0) is 14.5. The molecule has 1 amide bonds. The Bertz CT molecular complexity index is 613. The predicted octanol–water partition coefficient (Wildman–Crippen LogP) is 4.56. The molecule has 2 nitrogen and oxygen atoms in total. The molecule has 0 fully saturated rings. The number of hydrogen-bond acceptors (Lipinski definition) is 1. The van der Waals surface area contributed by atoms with E-state index in [1.54, 1.807) is 12.1 Å². The number of benzene rings is 2. The Hall–Kier alpha value is -1.39. The van der Waals surface area contributed by atoms with Gasteiger partial charge in [0.25, 0.3) is 0 Å². The highest BCUT2D eigenvalue weighted by Crippen LogP contribution is 2.21. The molecule has 0 bridgehead atoms. The smallest absolute Gasteiger partial charge is 0.228 e. The van der Waals surface area contributed by atoms with Crippen LogP contribution in [-0.4, -0.2) is 5.91 Å². The van der Waals surface area contributed by atoms with E-state index in [9.17, 15) is 9.18 Å². The minimum absolute atomic E-state index is 0.0951. The third-order valence-electron chi connectivity index (χ3n) is 2.83. The van der Waals surface area contributed by atoms with Gasteiger partial charge in [-0.05, 0) is 23.8 Å². The molecule has 0 aliphatic carbocycles. The number of carbonyl (C=O) groups is 1. The summed E-state index contributed by atoms with van der Waals surface area (Å²) in [5.74, 6) is -0.771. The fraction of sp³-hybridized carbons (Fsp3) is 0.133. The molecule has 1 N–H and O–H groups in total. The molecule has 0 heterocycles. The van der Waals surface area contributed by atoms with Gasteiger partial charge >= 0.3 is 0 Å². The maximum Gasteiger partial charge on any atom is 0.228 e. The molecule has 0 spiro atoms. The molecule has 0 atom stereocenters. The summed E-state index contributed by atoms with van der Waals surface area (Å²) in [6, 6.07) is 11.8. The van der Waals surface area contributed by atoms with Gasteiger partial charge < -0.3 is 5.32 Å². The molecule has 0 saturated carbocycles. The van der Waals surface area contributed by atoms with Crippen molar-refractivity contribution in [3.8, 4) is 0 Å². The van der Waals surface area contributed by atoms with Crippen LogP contribution in [0.4, 0.5) is 10.1 Å². The lowest BCUT2D eigenvalue weighted by atomic mass is 10.1. The zero-order valence-electron chi connectivity index (χ0n) is 10.5. The monoisotopic (exact) mass is 355 g/mol. The minimum Gasteiger partial charge on any atom is -0.326 e. The van der Waals surface area contributed by atoms with Crippen LogP contribution in [0, 0.1) is 5.82 Å². The van der Waals surface area contributed by atoms with Crippen LogP contribution >= 0.6 is 27.5 Å². The van der Waals surface area contributed by atoms with Crippen molar-refractivity contribution in [2.24, 2.45) is 0 Å². The van der Waals surface area contributed by atoms with Gasteiger partial charge in [0.1, 0.15) is 5.82 Å². The quantitative estimate of drug-likeness (QED) is 0.800. The van der Waals surface area contributed by atoms with E-state index in [-0.39, 0.29) is 22.9 Å². The zero-order valence-corrected chi connectivity index (χ0v) is 12.8. The number of halogens is 3. The standard InChI is InChI=1S/C15H12BrClFNO/c16-9-10-4-1-2-7-14(10)19-15(20)8-11-12(17)5-3-6-13(11)18/h1-7H,8-9H2,(H,19,20). The Labute approximate surface area is 130 Å². The molecule has 0 aliphatic rings. The summed E-state index contributed by atoms with van der Waals surface area (Å²) in [6.07, 6.45) is -0.0951. The molecule has 5 heteroatoms. The summed E-state index contributed by atoms with van der Waals surface area (Å²) in [4.78, 5) is 12.0. The van der Waals surface area contributed by atoms with Gasteiger partial charge in [-0.3, -0.25) is 4.79 Å². The highest BCUT2D eigenvalue weighted by atomic mass is 79.9. The molecule has 0 unspecified atom stereocenters. The second-order valence-corrected chi connectivity index (χ2v) is 5.18. The first-order valence-electron chi connectivity index (χ1n) is 5.98. The van der Waals surface area contributed by atoms with E-state index in [1.807, 2.05) is 18.2 Å². The van der Waals surface area contributed by atoms with E-state index in [0.29, 0.717) is 11.0 Å². The second-order valence-electron chi connectivity index (χ2n) is 4.22. The second kappa shape index (κ2) is 6.86. The van der Waals surface area contributed by atoms with Crippen LogP contribution in [0.5, 0.6) is 0 Å². The van der Waals surface area contributed by atoms with E-state index in [4.69, 9.17) is 11.6 Å². The summed E-state index contributed by atoms with van der Waals surface area (Å²) in [7, 11) is 0. The van der Waals surface area contributed by atoms with Crippen LogP contribution in [0.2, 0.25) is 5.02 Å². The first-order chi connectivity index (χ1) is 9.61. The van der Waals surface area contributed by atoms with Crippen molar-refractivity contribution >= 4 is 39.1 Å². The maximum atomic E-state index is 13.6. The maximum absolute atomic E-state index is 13.6. The van der Waals surface area contributed by atoms with Crippen molar-refractivity contribution in [1.29, 1.82) is 0 Å². The number of anilines is 1. The van der Waals surface area contributed by atoms with Gasteiger partial charge in [-0.25, -0.2) is 4.39 Å². The van der Waals surface area contributed by atoms with Gasteiger partial charge in [-0.2, -0.15) is 0 Å². The van der Waals surface area contributed by atoms with Crippen molar-refractivity contribution in [3.63, 3.8) is 0 Å². The fourth-order valence-corrected chi connectivity index (χ4v) is 2.53. The molecular weight excluding hydrogens is 345 g/mol. The molecule has 2 aromatic carbocycles. The van der Waals surface area contributed by atoms with Gasteiger partial charge in [0, 0.05) is 21.6 Å². The van der Waals surface area contributed by atoms with Crippen molar-refractivity contribution in [2.45, 2.75) is 11.8 Å². The highest BCUT2D eigenvalue weighted by Gasteiger charge is 2.12. The van der Waals surface area contributed by atoms with Crippen molar-refractivity contribution in [1.82, 2.24) is 0 Å². The van der Waals surface area contributed by atoms with Gasteiger partial charge in [0.2, 0.25) is 5.91 Å². The van der Waals surface area contributed by atoms with E-state index >= 15 is 0 Å². The average molecular weight is 357 g/mol. The van der Waals surface area contributed by atoms with Crippen molar-refractivity contribution in [2.75, 3.05) is 5.32 Å². The summed E-state index contributed by atoms with van der Waals surface area (Å²) >= 11 is 9.26. The summed E-state index contributed by atoms with van der Waals surface area (Å²) in [6.45, 7) is 0. The Morgan fingerprint density at radius 3 is 2.65 bits per heavy atom. The molecule has 2 aromatic rings. The number of nitrogens with one attached hydrogen (secondary N) is 1. The van der Waals surface area contributed by atoms with Crippen LogP contribution in [0.25, 0.3) is 0 Å². The van der Waals surface area contributed by atoms with E-state index in [2.05, 4.69) is 21.2 Å². The predicted molar refractivity (Wildman–Crippen MR) is 82.8 cm³/mol. The SMILES string of the molecule is O=C(Cc1c(F)cccc1Cl)Nc1ccccc1CBr. The Morgan fingerprint density at radius 1 is 1.20 bits per heavy atom. The molecule has 0 aromatic heterocycles. The lowest BCUT2D eigenvalue weighted by Gasteiger charge is -2.10. The average Bonchev–Trinajstić information content (AvgIpc) is 2.44. The van der Waals surface area contributed by atoms with E-state index in [1.165, 1.54) is 12.1 Å². The summed E-state index contributed by atoms with van der Waals surface area (Å²) in [5.41, 5.74) is 1.88. The van der Waals surface area contributed by atoms with Crippen LogP contribution < -0.4 is 5.32 Å². The summed E-state index contributed by atoms with van der Waals surface area (Å²) < 4.78 is 13.6. The first-order valence-corrected chi connectivity index (χ1v) is 7.48. The van der Waals surface area contributed by atoms with Gasteiger partial charge in [-0.1, -0.05) is 51.8 Å². The van der Waals surface area contributed by atoms with E-state index in [0.717, 1.165) is 5.56 Å². The Morgan fingerprint density at radius 2 is 1.95 bits per heavy atom. The number of hydrogen-bond donors (Lipinski definition) is 1. The molecule has 0 saturated heterocycles. The van der Waals surface area contributed by atoms with Crippen LogP contribution in [-0.2, 0) is 16.5 Å². The largest absolute Gasteiger partial charge is 0.326 e. The third-order valence-corrected chi connectivity index (χ3v) is 3.79. The van der Waals surface area contributed by atoms with Gasteiger partial charge in [-0.15, -0.1) is 0 Å². The van der Waals surface area contributed by atoms with Crippen LogP contribution in [0.1, 0.15) is 11.1 Å². The van der Waals surface area contributed by atoms with Crippen LogP contribution in [0.3, 0.4) is 0 Å². The fourth-order valence-electron chi connectivity index (χ4n) is 1.81. The number of para-hydroxylation sites is 1. The molecule has 104 valence electrons. The highest BCUT2D eigenvalue weighted by molar-refractivity contribution is 9.08. The molecule has 2 rings (SSSR count). The third kappa shape index (κ3) is 3.58. The lowest BCUT2D eigenvalue weighted by molar-refractivity contribution is -0.115. The molecule has 0 aliphatic heterocycles. The summed E-state index contributed by atoms with van der Waals surface area (Å²) in [5, 5.41) is 3.66. The molecule has 20 heavy (non-hydrogen) atoms. The molecule has 0 radical (unpaired) electrons. The number of carbonyl (C=O) groups excluding carboxylic acids is 1. The van der Waals surface area contributed by atoms with Gasteiger partial charge in [0.15, 0.2) is 0 Å². The van der Waals surface area contributed by atoms with Crippen molar-refractivity contribution in [3.05, 3.63) is 64.4 Å². The normalized spacial score (nSPS) is 10.3.